The van der Waals surface area contributed by atoms with Crippen molar-refractivity contribution in [3.63, 3.8) is 0 Å². The Morgan fingerprint density at radius 2 is 1.92 bits per heavy atom. The Morgan fingerprint density at radius 3 is 2.64 bits per heavy atom. The molecule has 0 fully saturated rings. The molecule has 0 saturated heterocycles. The Hall–Kier alpha value is -2.99. The number of fused-ring (bicyclic) bond motifs is 1. The lowest BCUT2D eigenvalue weighted by molar-refractivity contribution is 0.0785. The molecule has 0 aliphatic heterocycles. The average molecular weight is 348 g/mol. The van der Waals surface area contributed by atoms with Gasteiger partial charge in [-0.05, 0) is 35.9 Å². The molecule has 4 rings (SSSR count). The number of benzene rings is 2. The first-order valence-electron chi connectivity index (χ1n) is 7.90. The van der Waals surface area contributed by atoms with Crippen LogP contribution in [0.25, 0.3) is 21.5 Å². The van der Waals surface area contributed by atoms with Gasteiger partial charge in [0.25, 0.3) is 5.91 Å². The van der Waals surface area contributed by atoms with Gasteiger partial charge < -0.3 is 4.90 Å². The Balaban J connectivity index is 1.49. The van der Waals surface area contributed by atoms with Gasteiger partial charge in [0, 0.05) is 18.8 Å². The SMILES string of the molecule is CN(Cc1nc2ccccc2s1)C(=O)c1ccc(-c2ccn[nH]2)cc1. The average Bonchev–Trinajstić information content (AvgIpc) is 3.30. The van der Waals surface area contributed by atoms with E-state index in [1.54, 1.807) is 29.5 Å². The molecule has 0 radical (unpaired) electrons. The molecule has 1 amide bonds. The molecule has 0 atom stereocenters. The fourth-order valence-electron chi connectivity index (χ4n) is 2.69. The largest absolute Gasteiger partial charge is 0.335 e. The van der Waals surface area contributed by atoms with E-state index >= 15 is 0 Å². The lowest BCUT2D eigenvalue weighted by Gasteiger charge is -2.15. The molecule has 0 saturated carbocycles. The van der Waals surface area contributed by atoms with Gasteiger partial charge in [-0.3, -0.25) is 9.89 Å². The molecule has 124 valence electrons. The molecule has 0 aliphatic carbocycles. The lowest BCUT2D eigenvalue weighted by Crippen LogP contribution is -2.26. The number of carbonyl (C=O) groups is 1. The number of para-hydroxylation sites is 1. The van der Waals surface area contributed by atoms with E-state index in [-0.39, 0.29) is 5.91 Å². The van der Waals surface area contributed by atoms with Crippen LogP contribution in [-0.2, 0) is 6.54 Å². The monoisotopic (exact) mass is 348 g/mol. The summed E-state index contributed by atoms with van der Waals surface area (Å²) in [6.45, 7) is 0.500. The first-order valence-corrected chi connectivity index (χ1v) is 8.72. The fourth-order valence-corrected chi connectivity index (χ4v) is 3.71. The Bertz CT molecular complexity index is 973. The lowest BCUT2D eigenvalue weighted by atomic mass is 10.1. The smallest absolute Gasteiger partial charge is 0.253 e. The number of amides is 1. The van der Waals surface area contributed by atoms with Gasteiger partial charge in [-0.1, -0.05) is 24.3 Å². The van der Waals surface area contributed by atoms with Crippen LogP contribution in [-0.4, -0.2) is 33.0 Å². The predicted molar refractivity (Wildman–Crippen MR) is 99.4 cm³/mol. The number of rotatable bonds is 4. The highest BCUT2D eigenvalue weighted by molar-refractivity contribution is 7.18. The summed E-state index contributed by atoms with van der Waals surface area (Å²) >= 11 is 1.62. The van der Waals surface area contributed by atoms with Gasteiger partial charge in [0.2, 0.25) is 0 Å². The van der Waals surface area contributed by atoms with Gasteiger partial charge in [0.1, 0.15) is 5.01 Å². The van der Waals surface area contributed by atoms with Crippen LogP contribution in [0.1, 0.15) is 15.4 Å². The van der Waals surface area contributed by atoms with Crippen LogP contribution in [0.5, 0.6) is 0 Å². The summed E-state index contributed by atoms with van der Waals surface area (Å²) in [7, 11) is 1.80. The van der Waals surface area contributed by atoms with Gasteiger partial charge in [0.05, 0.1) is 22.5 Å². The molecular weight excluding hydrogens is 332 g/mol. The van der Waals surface area contributed by atoms with E-state index in [4.69, 9.17) is 0 Å². The Labute approximate surface area is 149 Å². The molecule has 1 N–H and O–H groups in total. The standard InChI is InChI=1S/C19H16N4OS/c1-23(12-18-21-16-4-2-3-5-17(16)25-18)19(24)14-8-6-13(7-9-14)15-10-11-20-22-15/h2-11H,12H2,1H3,(H,20,22). The molecule has 25 heavy (non-hydrogen) atoms. The number of hydrogen-bond donors (Lipinski definition) is 1. The van der Waals surface area contributed by atoms with Crippen molar-refractivity contribution in [1.82, 2.24) is 20.1 Å². The second-order valence-electron chi connectivity index (χ2n) is 5.78. The van der Waals surface area contributed by atoms with Gasteiger partial charge >= 0.3 is 0 Å². The maximum Gasteiger partial charge on any atom is 0.253 e. The number of thiazole rings is 1. The van der Waals surface area contributed by atoms with Crippen LogP contribution in [0.4, 0.5) is 0 Å². The summed E-state index contributed by atoms with van der Waals surface area (Å²) in [6.07, 6.45) is 1.71. The van der Waals surface area contributed by atoms with Crippen molar-refractivity contribution in [2.75, 3.05) is 7.05 Å². The quantitative estimate of drug-likeness (QED) is 0.607. The highest BCUT2D eigenvalue weighted by Crippen LogP contribution is 2.23. The maximum absolute atomic E-state index is 12.6. The van der Waals surface area contributed by atoms with Crippen LogP contribution >= 0.6 is 11.3 Å². The van der Waals surface area contributed by atoms with Gasteiger partial charge in [0.15, 0.2) is 0 Å². The number of nitrogens with one attached hydrogen (secondary N) is 1. The second kappa shape index (κ2) is 6.49. The van der Waals surface area contributed by atoms with Crippen molar-refractivity contribution < 1.29 is 4.79 Å². The van der Waals surface area contributed by atoms with Crippen LogP contribution < -0.4 is 0 Å². The number of H-pyrrole nitrogens is 1. The summed E-state index contributed by atoms with van der Waals surface area (Å²) in [5.74, 6) is -0.0181. The summed E-state index contributed by atoms with van der Waals surface area (Å²) in [4.78, 5) is 18.9. The van der Waals surface area contributed by atoms with Crippen molar-refractivity contribution in [3.8, 4) is 11.3 Å². The van der Waals surface area contributed by atoms with Gasteiger partial charge in [-0.2, -0.15) is 5.10 Å². The predicted octanol–water partition coefficient (Wildman–Crippen LogP) is 3.96. The number of aromatic nitrogens is 3. The molecule has 0 aliphatic rings. The van der Waals surface area contributed by atoms with E-state index in [1.165, 1.54) is 0 Å². The summed E-state index contributed by atoms with van der Waals surface area (Å²) in [5.41, 5.74) is 3.57. The molecule has 4 aromatic rings. The number of carbonyl (C=O) groups excluding carboxylic acids is 1. The molecule has 0 bridgehead atoms. The van der Waals surface area contributed by atoms with Gasteiger partial charge in [-0.15, -0.1) is 11.3 Å². The zero-order valence-electron chi connectivity index (χ0n) is 13.6. The van der Waals surface area contributed by atoms with E-state index in [0.717, 1.165) is 26.5 Å². The third-order valence-corrected chi connectivity index (χ3v) is 5.02. The minimum atomic E-state index is -0.0181. The van der Waals surface area contributed by atoms with Gasteiger partial charge in [-0.25, -0.2) is 4.98 Å². The first kappa shape index (κ1) is 15.5. The summed E-state index contributed by atoms with van der Waals surface area (Å²) in [6, 6.07) is 17.4. The minimum Gasteiger partial charge on any atom is -0.335 e. The Morgan fingerprint density at radius 1 is 1.12 bits per heavy atom. The highest BCUT2D eigenvalue weighted by Gasteiger charge is 2.14. The van der Waals surface area contributed by atoms with E-state index in [2.05, 4.69) is 15.2 Å². The molecule has 2 heterocycles. The normalized spacial score (nSPS) is 10.9. The van der Waals surface area contributed by atoms with Crippen molar-refractivity contribution in [2.24, 2.45) is 0 Å². The van der Waals surface area contributed by atoms with E-state index in [0.29, 0.717) is 12.1 Å². The van der Waals surface area contributed by atoms with Crippen LogP contribution in [0.2, 0.25) is 0 Å². The van der Waals surface area contributed by atoms with E-state index in [1.807, 2.05) is 54.6 Å². The topological polar surface area (TPSA) is 61.9 Å². The zero-order valence-corrected chi connectivity index (χ0v) is 14.5. The second-order valence-corrected chi connectivity index (χ2v) is 6.90. The minimum absolute atomic E-state index is 0.0181. The van der Waals surface area contributed by atoms with E-state index in [9.17, 15) is 4.79 Å². The maximum atomic E-state index is 12.6. The number of hydrogen-bond acceptors (Lipinski definition) is 4. The molecular formula is C19H16N4OS. The molecule has 2 aromatic carbocycles. The summed E-state index contributed by atoms with van der Waals surface area (Å²) in [5, 5.41) is 7.80. The first-order chi connectivity index (χ1) is 12.2. The van der Waals surface area contributed by atoms with E-state index < -0.39 is 0 Å². The highest BCUT2D eigenvalue weighted by atomic mass is 32.1. The third kappa shape index (κ3) is 3.16. The molecule has 6 heteroatoms. The Kier molecular flexibility index (Phi) is 4.03. The van der Waals surface area contributed by atoms with Crippen LogP contribution in [0.3, 0.4) is 0 Å². The number of aromatic amines is 1. The fraction of sp³-hybridized carbons (Fsp3) is 0.105. The van der Waals surface area contributed by atoms with Crippen LogP contribution in [0, 0.1) is 0 Å². The van der Waals surface area contributed by atoms with Crippen molar-refractivity contribution in [3.05, 3.63) is 71.4 Å². The number of nitrogens with zero attached hydrogens (tertiary/aromatic N) is 3. The zero-order chi connectivity index (χ0) is 17.2. The van der Waals surface area contributed by atoms with Crippen molar-refractivity contribution in [2.45, 2.75) is 6.54 Å². The third-order valence-electron chi connectivity index (χ3n) is 4.00. The molecule has 0 unspecified atom stereocenters. The van der Waals surface area contributed by atoms with Crippen molar-refractivity contribution >= 4 is 27.5 Å². The molecule has 0 spiro atoms. The van der Waals surface area contributed by atoms with Crippen molar-refractivity contribution in [1.29, 1.82) is 0 Å². The summed E-state index contributed by atoms with van der Waals surface area (Å²) < 4.78 is 1.14. The van der Waals surface area contributed by atoms with Crippen LogP contribution in [0.15, 0.2) is 60.8 Å². The molecule has 2 aromatic heterocycles. The molecule has 5 nitrogen and oxygen atoms in total.